The summed E-state index contributed by atoms with van der Waals surface area (Å²) in [4.78, 5) is 27.8. The first-order valence-electron chi connectivity index (χ1n) is 10.2. The molecule has 1 aliphatic rings. The predicted octanol–water partition coefficient (Wildman–Crippen LogP) is 4.78. The van der Waals surface area contributed by atoms with Gasteiger partial charge in [-0.15, -0.1) is 0 Å². The number of ether oxygens (including phenoxy) is 2. The lowest BCUT2D eigenvalue weighted by Gasteiger charge is -2.27. The number of hydrogen-bond acceptors (Lipinski definition) is 5. The zero-order chi connectivity index (χ0) is 23.7. The molecule has 1 aliphatic heterocycles. The van der Waals surface area contributed by atoms with Crippen molar-refractivity contribution in [1.82, 2.24) is 0 Å². The number of Topliss-reactive ketones (excluding diaryl/α,β-unsaturated/α-hetero) is 1. The summed E-state index contributed by atoms with van der Waals surface area (Å²) in [5, 5.41) is 11.2. The van der Waals surface area contributed by atoms with E-state index < -0.39 is 29.3 Å². The van der Waals surface area contributed by atoms with Gasteiger partial charge in [0.2, 0.25) is 0 Å². The highest BCUT2D eigenvalue weighted by atomic mass is 19.1. The van der Waals surface area contributed by atoms with Crippen molar-refractivity contribution in [2.75, 3.05) is 19.1 Å². The van der Waals surface area contributed by atoms with Crippen LogP contribution in [-0.4, -0.2) is 31.0 Å². The van der Waals surface area contributed by atoms with E-state index in [2.05, 4.69) is 0 Å². The predicted molar refractivity (Wildman–Crippen MR) is 122 cm³/mol. The zero-order valence-corrected chi connectivity index (χ0v) is 18.3. The molecule has 0 radical (unpaired) electrons. The molecule has 3 aromatic carbocycles. The van der Waals surface area contributed by atoms with Crippen LogP contribution in [0.1, 0.15) is 22.7 Å². The molecule has 1 saturated heterocycles. The average Bonchev–Trinajstić information content (AvgIpc) is 3.09. The highest BCUT2D eigenvalue weighted by Crippen LogP contribution is 2.44. The summed E-state index contributed by atoms with van der Waals surface area (Å²) < 4.78 is 24.5. The number of aliphatic hydroxyl groups excluding tert-OH is 1. The van der Waals surface area contributed by atoms with Gasteiger partial charge in [-0.25, -0.2) is 4.39 Å². The summed E-state index contributed by atoms with van der Waals surface area (Å²) in [6.45, 7) is 1.83. The number of carbonyl (C=O) groups is 2. The topological polar surface area (TPSA) is 76.1 Å². The molecule has 0 spiro atoms. The van der Waals surface area contributed by atoms with Gasteiger partial charge in [-0.1, -0.05) is 30.3 Å². The largest absolute Gasteiger partial charge is 0.507 e. The van der Waals surface area contributed by atoms with Gasteiger partial charge < -0.3 is 14.6 Å². The second kappa shape index (κ2) is 8.78. The van der Waals surface area contributed by atoms with Crippen LogP contribution in [0, 0.1) is 12.7 Å². The molecule has 4 rings (SSSR count). The first-order valence-corrected chi connectivity index (χ1v) is 10.2. The first-order chi connectivity index (χ1) is 15.9. The smallest absolute Gasteiger partial charge is 0.300 e. The van der Waals surface area contributed by atoms with E-state index >= 15 is 0 Å². The molecular formula is C26H22FNO5. The van der Waals surface area contributed by atoms with Crippen molar-refractivity contribution in [2.45, 2.75) is 13.0 Å². The molecule has 0 aromatic heterocycles. The lowest BCUT2D eigenvalue weighted by Crippen LogP contribution is -2.30. The number of amides is 1. The van der Waals surface area contributed by atoms with Gasteiger partial charge in [-0.05, 0) is 54.4 Å². The molecule has 0 aliphatic carbocycles. The Morgan fingerprint density at radius 3 is 2.30 bits per heavy atom. The summed E-state index contributed by atoms with van der Waals surface area (Å²) in [5.41, 5.74) is 1.72. The summed E-state index contributed by atoms with van der Waals surface area (Å²) in [7, 11) is 2.90. The van der Waals surface area contributed by atoms with Crippen LogP contribution in [0.15, 0.2) is 72.3 Å². The van der Waals surface area contributed by atoms with Crippen LogP contribution in [0.25, 0.3) is 5.76 Å². The summed E-state index contributed by atoms with van der Waals surface area (Å²) >= 11 is 0. The minimum atomic E-state index is -0.940. The van der Waals surface area contributed by atoms with Gasteiger partial charge in [0, 0.05) is 5.69 Å². The molecule has 0 bridgehead atoms. The molecule has 33 heavy (non-hydrogen) atoms. The molecule has 1 fully saturated rings. The number of aliphatic hydroxyl groups is 1. The van der Waals surface area contributed by atoms with Crippen LogP contribution in [0.4, 0.5) is 10.1 Å². The first kappa shape index (κ1) is 22.1. The average molecular weight is 447 g/mol. The quantitative estimate of drug-likeness (QED) is 0.346. The third kappa shape index (κ3) is 3.82. The van der Waals surface area contributed by atoms with Crippen LogP contribution in [0.3, 0.4) is 0 Å². The number of methoxy groups -OCH3 is 2. The van der Waals surface area contributed by atoms with Gasteiger partial charge in [0.05, 0.1) is 31.4 Å². The van der Waals surface area contributed by atoms with Gasteiger partial charge in [0.1, 0.15) is 23.1 Å². The summed E-state index contributed by atoms with van der Waals surface area (Å²) in [5.74, 6) is -2.03. The van der Waals surface area contributed by atoms with Gasteiger partial charge >= 0.3 is 0 Å². The molecule has 168 valence electrons. The maximum Gasteiger partial charge on any atom is 0.300 e. The standard InChI is InChI=1S/C26H22FNO5/c1-15-6-4-5-7-20(15)28-23(16-8-11-18(32-2)12-9-16)22(25(30)26(28)31)24(29)19-14-17(27)10-13-21(19)33-3/h4-14,23,29H,1-3H3/b24-22+. The Morgan fingerprint density at radius 2 is 1.67 bits per heavy atom. The molecule has 1 amide bonds. The van der Waals surface area contributed by atoms with E-state index in [-0.39, 0.29) is 16.9 Å². The number of benzene rings is 3. The Hall–Kier alpha value is -4.13. The van der Waals surface area contributed by atoms with E-state index in [1.54, 1.807) is 36.4 Å². The van der Waals surface area contributed by atoms with Gasteiger partial charge in [0.25, 0.3) is 11.7 Å². The van der Waals surface area contributed by atoms with Crippen molar-refractivity contribution >= 4 is 23.1 Å². The fourth-order valence-electron chi connectivity index (χ4n) is 4.03. The van der Waals surface area contributed by atoms with Crippen LogP contribution in [0.5, 0.6) is 11.5 Å². The van der Waals surface area contributed by atoms with Gasteiger partial charge in [0.15, 0.2) is 0 Å². The lowest BCUT2D eigenvalue weighted by molar-refractivity contribution is -0.132. The maximum absolute atomic E-state index is 14.0. The molecule has 1 atom stereocenters. The molecule has 1 heterocycles. The Morgan fingerprint density at radius 1 is 0.970 bits per heavy atom. The van der Waals surface area contributed by atoms with Crippen LogP contribution >= 0.6 is 0 Å². The molecule has 6 nitrogen and oxygen atoms in total. The van der Waals surface area contributed by atoms with Crippen LogP contribution < -0.4 is 14.4 Å². The Bertz CT molecular complexity index is 1270. The number of carbonyl (C=O) groups excluding carboxylic acids is 2. The number of nitrogens with zero attached hydrogens (tertiary/aromatic N) is 1. The minimum Gasteiger partial charge on any atom is -0.507 e. The Balaban J connectivity index is 1.99. The molecule has 7 heteroatoms. The molecule has 3 aromatic rings. The lowest BCUT2D eigenvalue weighted by atomic mass is 9.94. The van der Waals surface area contributed by atoms with Crippen molar-refractivity contribution < 1.29 is 28.6 Å². The van der Waals surface area contributed by atoms with Gasteiger partial charge in [-0.3, -0.25) is 14.5 Å². The van der Waals surface area contributed by atoms with Crippen LogP contribution in [0.2, 0.25) is 0 Å². The SMILES string of the molecule is COc1ccc(C2/C(=C(\O)c3cc(F)ccc3OC)C(=O)C(=O)N2c2ccccc2C)cc1. The minimum absolute atomic E-state index is 0.0150. The normalized spacial score (nSPS) is 17.3. The van der Waals surface area contributed by atoms with Crippen molar-refractivity contribution in [3.63, 3.8) is 0 Å². The van der Waals surface area contributed by atoms with E-state index in [0.29, 0.717) is 17.0 Å². The number of rotatable bonds is 5. The second-order valence-electron chi connectivity index (χ2n) is 7.57. The Labute approximate surface area is 190 Å². The van der Waals surface area contributed by atoms with E-state index in [1.807, 2.05) is 19.1 Å². The van der Waals surface area contributed by atoms with Gasteiger partial charge in [-0.2, -0.15) is 0 Å². The van der Waals surface area contributed by atoms with E-state index in [9.17, 15) is 19.1 Å². The number of anilines is 1. The number of aryl methyl sites for hydroxylation is 1. The van der Waals surface area contributed by atoms with E-state index in [0.717, 1.165) is 11.6 Å². The maximum atomic E-state index is 14.0. The number of halogens is 1. The molecule has 0 saturated carbocycles. The summed E-state index contributed by atoms with van der Waals surface area (Å²) in [6, 6.07) is 16.7. The van der Waals surface area contributed by atoms with Crippen molar-refractivity contribution in [1.29, 1.82) is 0 Å². The molecule has 1 unspecified atom stereocenters. The number of hydrogen-bond donors (Lipinski definition) is 1. The monoisotopic (exact) mass is 447 g/mol. The fraction of sp³-hybridized carbons (Fsp3) is 0.154. The molecular weight excluding hydrogens is 425 g/mol. The fourth-order valence-corrected chi connectivity index (χ4v) is 4.03. The number of ketones is 1. The zero-order valence-electron chi connectivity index (χ0n) is 18.3. The van der Waals surface area contributed by atoms with Crippen LogP contribution in [-0.2, 0) is 9.59 Å². The number of para-hydroxylation sites is 1. The van der Waals surface area contributed by atoms with E-state index in [4.69, 9.17) is 9.47 Å². The Kier molecular flexibility index (Phi) is 5.87. The highest BCUT2D eigenvalue weighted by molar-refractivity contribution is 6.51. The van der Waals surface area contributed by atoms with Crippen molar-refractivity contribution in [2.24, 2.45) is 0 Å². The third-order valence-corrected chi connectivity index (χ3v) is 5.67. The van der Waals surface area contributed by atoms with Crippen molar-refractivity contribution in [3.05, 3.63) is 94.8 Å². The second-order valence-corrected chi connectivity index (χ2v) is 7.57. The molecule has 1 N–H and O–H groups in total. The highest BCUT2D eigenvalue weighted by Gasteiger charge is 2.47. The third-order valence-electron chi connectivity index (χ3n) is 5.67. The summed E-state index contributed by atoms with van der Waals surface area (Å²) in [6.07, 6.45) is 0. The van der Waals surface area contributed by atoms with Crippen molar-refractivity contribution in [3.8, 4) is 11.5 Å². The van der Waals surface area contributed by atoms with E-state index in [1.165, 1.54) is 31.3 Å².